The molecule has 1 aromatic carbocycles. The van der Waals surface area contributed by atoms with E-state index in [9.17, 15) is 0 Å². The number of nitrogens with zero attached hydrogens (tertiary/aromatic N) is 1. The molecule has 2 rings (SSSR count). The Hall–Kier alpha value is -0.280. The van der Waals surface area contributed by atoms with Crippen LogP contribution in [0.4, 0.5) is 0 Å². The molecule has 0 saturated carbocycles. The topological polar surface area (TPSA) is 15.3 Å². The number of nitrogens with one attached hydrogen (secondary N) is 1. The predicted octanol–water partition coefficient (Wildman–Crippen LogP) is 4.19. The van der Waals surface area contributed by atoms with Crippen LogP contribution in [0.5, 0.6) is 0 Å². The third kappa shape index (κ3) is 4.85. The van der Waals surface area contributed by atoms with E-state index >= 15 is 0 Å². The first-order valence-corrected chi connectivity index (χ1v) is 7.95. The Bertz CT molecular complexity index is 427. The van der Waals surface area contributed by atoms with E-state index in [-0.39, 0.29) is 12.4 Å². The Morgan fingerprint density at radius 1 is 1.29 bits per heavy atom. The van der Waals surface area contributed by atoms with Gasteiger partial charge in [-0.2, -0.15) is 0 Å². The van der Waals surface area contributed by atoms with E-state index in [0.29, 0.717) is 17.4 Å². The molecule has 1 N–H and O–H groups in total. The summed E-state index contributed by atoms with van der Waals surface area (Å²) in [4.78, 5) is 2.51. The van der Waals surface area contributed by atoms with E-state index in [1.807, 2.05) is 12.1 Å². The van der Waals surface area contributed by atoms with Gasteiger partial charge in [-0.15, -0.1) is 12.4 Å². The van der Waals surface area contributed by atoms with Gasteiger partial charge in [0.15, 0.2) is 0 Å². The molecule has 1 aliphatic rings. The number of benzene rings is 1. The molecule has 3 unspecified atom stereocenters. The van der Waals surface area contributed by atoms with Crippen LogP contribution in [0.15, 0.2) is 24.3 Å². The van der Waals surface area contributed by atoms with Gasteiger partial charge in [0.1, 0.15) is 0 Å². The average Bonchev–Trinajstić information content (AvgIpc) is 2.84. The fraction of sp³-hybridized carbons (Fsp3) is 0.647. The highest BCUT2D eigenvalue weighted by atomic mass is 35.5. The first-order valence-electron chi connectivity index (χ1n) is 7.58. The normalized spacial score (nSPS) is 24.7. The molecule has 1 aliphatic heterocycles. The van der Waals surface area contributed by atoms with E-state index in [2.05, 4.69) is 50.2 Å². The molecule has 0 radical (unpaired) electrons. The van der Waals surface area contributed by atoms with Crippen molar-refractivity contribution in [2.45, 2.75) is 39.2 Å². The molecule has 21 heavy (non-hydrogen) atoms. The minimum atomic E-state index is 0. The van der Waals surface area contributed by atoms with Crippen molar-refractivity contribution in [3.8, 4) is 0 Å². The Morgan fingerprint density at radius 2 is 1.90 bits per heavy atom. The number of likely N-dealkylation sites (N-methyl/N-ethyl adjacent to an activating group) is 1. The minimum absolute atomic E-state index is 0. The van der Waals surface area contributed by atoms with E-state index in [1.165, 1.54) is 12.0 Å². The van der Waals surface area contributed by atoms with Gasteiger partial charge in [-0.3, -0.25) is 0 Å². The van der Waals surface area contributed by atoms with Crippen molar-refractivity contribution in [2.24, 2.45) is 5.41 Å². The minimum Gasteiger partial charge on any atom is -0.316 e. The fourth-order valence-electron chi connectivity index (χ4n) is 3.18. The van der Waals surface area contributed by atoms with E-state index in [0.717, 1.165) is 24.7 Å². The Labute approximate surface area is 140 Å². The maximum atomic E-state index is 5.97. The van der Waals surface area contributed by atoms with Crippen LogP contribution >= 0.6 is 24.0 Å². The van der Waals surface area contributed by atoms with Crippen molar-refractivity contribution >= 4 is 24.0 Å². The largest absolute Gasteiger partial charge is 0.316 e. The Morgan fingerprint density at radius 3 is 2.43 bits per heavy atom. The molecule has 1 aromatic rings. The number of hydrogen-bond acceptors (Lipinski definition) is 2. The van der Waals surface area contributed by atoms with E-state index < -0.39 is 0 Å². The van der Waals surface area contributed by atoms with Gasteiger partial charge in [0.05, 0.1) is 0 Å². The molecule has 0 spiro atoms. The maximum absolute atomic E-state index is 5.97. The highest BCUT2D eigenvalue weighted by Crippen LogP contribution is 2.29. The second-order valence-electron chi connectivity index (χ2n) is 6.73. The summed E-state index contributed by atoms with van der Waals surface area (Å²) in [7, 11) is 2.25. The molecule has 1 fully saturated rings. The summed E-state index contributed by atoms with van der Waals surface area (Å²) in [5, 5.41) is 4.29. The summed E-state index contributed by atoms with van der Waals surface area (Å²) >= 11 is 5.97. The number of halogens is 2. The standard InChI is InChI=1S/C17H27ClN2.ClH/c1-13(15-5-7-16(18)8-6-15)14(2)20(4)12-17(3)9-10-19-11-17;/h5-8,13-14,19H,9-12H2,1-4H3;1H. The zero-order valence-electron chi connectivity index (χ0n) is 13.5. The van der Waals surface area contributed by atoms with Gasteiger partial charge in [-0.1, -0.05) is 37.6 Å². The van der Waals surface area contributed by atoms with Crippen molar-refractivity contribution in [1.82, 2.24) is 10.2 Å². The Balaban J connectivity index is 0.00000220. The molecule has 1 heterocycles. The van der Waals surface area contributed by atoms with Crippen LogP contribution in [0.3, 0.4) is 0 Å². The number of rotatable bonds is 5. The predicted molar refractivity (Wildman–Crippen MR) is 94.8 cm³/mol. The van der Waals surface area contributed by atoms with Gasteiger partial charge in [-0.05, 0) is 56.0 Å². The molecule has 120 valence electrons. The van der Waals surface area contributed by atoms with Gasteiger partial charge in [0.25, 0.3) is 0 Å². The van der Waals surface area contributed by atoms with Crippen LogP contribution in [0.1, 0.15) is 38.7 Å². The number of hydrogen-bond donors (Lipinski definition) is 1. The van der Waals surface area contributed by atoms with Crippen molar-refractivity contribution in [3.05, 3.63) is 34.9 Å². The smallest absolute Gasteiger partial charge is 0.0406 e. The maximum Gasteiger partial charge on any atom is 0.0406 e. The third-order valence-electron chi connectivity index (χ3n) is 4.90. The summed E-state index contributed by atoms with van der Waals surface area (Å²) in [6, 6.07) is 8.80. The molecule has 0 aromatic heterocycles. The van der Waals surface area contributed by atoms with Crippen LogP contribution in [0, 0.1) is 5.41 Å². The SMILES string of the molecule is CC(c1ccc(Cl)cc1)C(C)N(C)CC1(C)CCNC1.Cl. The lowest BCUT2D eigenvalue weighted by molar-refractivity contribution is 0.154. The van der Waals surface area contributed by atoms with Gasteiger partial charge in [0.2, 0.25) is 0 Å². The van der Waals surface area contributed by atoms with Crippen molar-refractivity contribution in [3.63, 3.8) is 0 Å². The first kappa shape index (κ1) is 18.8. The second-order valence-corrected chi connectivity index (χ2v) is 7.17. The van der Waals surface area contributed by atoms with Gasteiger partial charge < -0.3 is 10.2 Å². The van der Waals surface area contributed by atoms with Gasteiger partial charge in [0, 0.05) is 24.2 Å². The zero-order valence-corrected chi connectivity index (χ0v) is 15.1. The van der Waals surface area contributed by atoms with Crippen LogP contribution in [-0.4, -0.2) is 37.6 Å². The van der Waals surface area contributed by atoms with E-state index in [1.54, 1.807) is 0 Å². The van der Waals surface area contributed by atoms with Crippen LogP contribution in [0.25, 0.3) is 0 Å². The second kappa shape index (κ2) is 7.82. The quantitative estimate of drug-likeness (QED) is 0.870. The monoisotopic (exact) mass is 330 g/mol. The molecular formula is C17H28Cl2N2. The lowest BCUT2D eigenvalue weighted by atomic mass is 9.87. The lowest BCUT2D eigenvalue weighted by Gasteiger charge is -2.36. The van der Waals surface area contributed by atoms with Gasteiger partial charge in [-0.25, -0.2) is 0 Å². The average molecular weight is 331 g/mol. The van der Waals surface area contributed by atoms with Crippen LogP contribution in [0.2, 0.25) is 5.02 Å². The highest BCUT2D eigenvalue weighted by molar-refractivity contribution is 6.30. The molecule has 3 atom stereocenters. The highest BCUT2D eigenvalue weighted by Gasteiger charge is 2.31. The summed E-state index contributed by atoms with van der Waals surface area (Å²) < 4.78 is 0. The molecule has 0 bridgehead atoms. The molecule has 0 aliphatic carbocycles. The summed E-state index contributed by atoms with van der Waals surface area (Å²) in [5.74, 6) is 0.509. The van der Waals surface area contributed by atoms with Crippen LogP contribution < -0.4 is 5.32 Å². The summed E-state index contributed by atoms with van der Waals surface area (Å²) in [6.07, 6.45) is 1.28. The molecule has 2 nitrogen and oxygen atoms in total. The summed E-state index contributed by atoms with van der Waals surface area (Å²) in [6.45, 7) is 10.5. The van der Waals surface area contributed by atoms with Crippen LogP contribution in [-0.2, 0) is 0 Å². The molecule has 4 heteroatoms. The van der Waals surface area contributed by atoms with Crippen molar-refractivity contribution < 1.29 is 0 Å². The first-order chi connectivity index (χ1) is 9.41. The van der Waals surface area contributed by atoms with Crippen molar-refractivity contribution in [2.75, 3.05) is 26.7 Å². The van der Waals surface area contributed by atoms with E-state index in [4.69, 9.17) is 11.6 Å². The summed E-state index contributed by atoms with van der Waals surface area (Å²) in [5.41, 5.74) is 1.78. The Kier molecular flexibility index (Phi) is 6.99. The lowest BCUT2D eigenvalue weighted by Crippen LogP contribution is -2.41. The fourth-order valence-corrected chi connectivity index (χ4v) is 3.30. The zero-order chi connectivity index (χ0) is 14.8. The third-order valence-corrected chi connectivity index (χ3v) is 5.15. The van der Waals surface area contributed by atoms with Gasteiger partial charge >= 0.3 is 0 Å². The molecule has 1 saturated heterocycles. The molecule has 0 amide bonds. The van der Waals surface area contributed by atoms with Crippen molar-refractivity contribution in [1.29, 1.82) is 0 Å². The molecular weight excluding hydrogens is 303 g/mol.